The number of thiophene rings is 1. The summed E-state index contributed by atoms with van der Waals surface area (Å²) >= 11 is 1.10. The van der Waals surface area contributed by atoms with Gasteiger partial charge in [0.05, 0.1) is 23.1 Å². The van der Waals surface area contributed by atoms with Crippen LogP contribution in [-0.2, 0) is 22.3 Å². The van der Waals surface area contributed by atoms with E-state index >= 15 is 0 Å². The highest BCUT2D eigenvalue weighted by Crippen LogP contribution is 2.32. The summed E-state index contributed by atoms with van der Waals surface area (Å²) in [5, 5.41) is 1.10. The van der Waals surface area contributed by atoms with E-state index in [9.17, 15) is 14.4 Å². The summed E-state index contributed by atoms with van der Waals surface area (Å²) in [5.74, 6) is -0.735. The van der Waals surface area contributed by atoms with Crippen LogP contribution in [0, 0.1) is 6.92 Å². The first-order valence-corrected chi connectivity index (χ1v) is 12.0. The van der Waals surface area contributed by atoms with E-state index in [1.165, 1.54) is 0 Å². The normalized spacial score (nSPS) is 13.7. The van der Waals surface area contributed by atoms with Crippen LogP contribution in [0.5, 0.6) is 0 Å². The number of nitrogens with one attached hydrogen (secondary N) is 1. The molecular formula is C25H23N3O5S. The van der Waals surface area contributed by atoms with E-state index in [4.69, 9.17) is 14.5 Å². The molecule has 8 nitrogen and oxygen atoms in total. The summed E-state index contributed by atoms with van der Waals surface area (Å²) in [4.78, 5) is 51.1. The number of carbonyl (C=O) groups excluding carboxylic acids is 2. The Morgan fingerprint density at radius 1 is 1.18 bits per heavy atom. The molecule has 1 atom stereocenters. The number of hydrogen-bond donors (Lipinski definition) is 1. The van der Waals surface area contributed by atoms with Gasteiger partial charge in [-0.25, -0.2) is 14.6 Å². The lowest BCUT2D eigenvalue weighted by molar-refractivity contribution is 0.0320. The summed E-state index contributed by atoms with van der Waals surface area (Å²) < 4.78 is 10.9. The van der Waals surface area contributed by atoms with Crippen LogP contribution in [0.1, 0.15) is 69.0 Å². The minimum atomic E-state index is -0.804. The minimum Gasteiger partial charge on any atom is -0.462 e. The molecule has 0 aliphatic heterocycles. The molecule has 0 amide bonds. The Bertz CT molecular complexity index is 1520. The van der Waals surface area contributed by atoms with E-state index in [2.05, 4.69) is 9.97 Å². The number of hydrogen-bond acceptors (Lipinski definition) is 8. The number of para-hydroxylation sites is 1. The first-order chi connectivity index (χ1) is 16.4. The molecule has 9 heteroatoms. The molecule has 34 heavy (non-hydrogen) atoms. The summed E-state index contributed by atoms with van der Waals surface area (Å²) in [6.07, 6.45) is 1.75. The fourth-order valence-corrected chi connectivity index (χ4v) is 5.55. The number of nitrogens with zero attached hydrogens (tertiary/aromatic N) is 2. The predicted octanol–water partition coefficient (Wildman–Crippen LogP) is 4.42. The van der Waals surface area contributed by atoms with Crippen molar-refractivity contribution in [3.63, 3.8) is 0 Å². The molecule has 1 unspecified atom stereocenters. The number of rotatable bonds is 5. The molecule has 3 aromatic heterocycles. The highest BCUT2D eigenvalue weighted by atomic mass is 32.1. The first kappa shape index (κ1) is 22.2. The topological polar surface area (TPSA) is 111 Å². The Labute approximate surface area is 199 Å². The molecule has 3 heterocycles. The fourth-order valence-electron chi connectivity index (χ4n) is 4.46. The average Bonchev–Trinajstić information content (AvgIpc) is 3.41. The molecule has 1 N–H and O–H groups in total. The zero-order valence-electron chi connectivity index (χ0n) is 19.1. The van der Waals surface area contributed by atoms with Crippen molar-refractivity contribution in [2.24, 2.45) is 0 Å². The number of aromatic nitrogens is 3. The molecule has 0 saturated carbocycles. The lowest BCUT2D eigenvalue weighted by Gasteiger charge is -2.16. The highest BCUT2D eigenvalue weighted by molar-refractivity contribution is 7.20. The molecule has 1 aliphatic rings. The first-order valence-electron chi connectivity index (χ1n) is 11.2. The summed E-state index contributed by atoms with van der Waals surface area (Å²) in [6.45, 7) is 5.32. The zero-order chi connectivity index (χ0) is 24.0. The predicted molar refractivity (Wildman–Crippen MR) is 129 cm³/mol. The number of aryl methyl sites for hydroxylation is 2. The van der Waals surface area contributed by atoms with Crippen molar-refractivity contribution in [2.75, 3.05) is 6.61 Å². The van der Waals surface area contributed by atoms with Gasteiger partial charge in [-0.15, -0.1) is 11.3 Å². The van der Waals surface area contributed by atoms with Crippen molar-refractivity contribution >= 4 is 44.4 Å². The number of fused-ring (bicyclic) bond motifs is 3. The third kappa shape index (κ3) is 3.66. The third-order valence-corrected chi connectivity index (χ3v) is 7.24. The van der Waals surface area contributed by atoms with Gasteiger partial charge in [-0.1, -0.05) is 18.2 Å². The number of esters is 2. The maximum Gasteiger partial charge on any atom is 0.348 e. The van der Waals surface area contributed by atoms with Crippen molar-refractivity contribution in [3.8, 4) is 0 Å². The van der Waals surface area contributed by atoms with Gasteiger partial charge >= 0.3 is 11.9 Å². The molecule has 0 radical (unpaired) electrons. The van der Waals surface area contributed by atoms with Crippen LogP contribution in [0.4, 0.5) is 0 Å². The molecule has 0 saturated heterocycles. The quantitative estimate of drug-likeness (QED) is 0.423. The molecule has 0 bridgehead atoms. The van der Waals surface area contributed by atoms with Gasteiger partial charge in [0.25, 0.3) is 5.56 Å². The van der Waals surface area contributed by atoms with E-state index in [0.29, 0.717) is 26.2 Å². The van der Waals surface area contributed by atoms with E-state index < -0.39 is 18.0 Å². The maximum absolute atomic E-state index is 13.3. The summed E-state index contributed by atoms with van der Waals surface area (Å²) in [7, 11) is 0. The van der Waals surface area contributed by atoms with Crippen molar-refractivity contribution < 1.29 is 19.1 Å². The van der Waals surface area contributed by atoms with Gasteiger partial charge in [0.15, 0.2) is 11.9 Å². The maximum atomic E-state index is 13.3. The largest absolute Gasteiger partial charge is 0.462 e. The zero-order valence-corrected chi connectivity index (χ0v) is 19.9. The SMILES string of the molecule is CCOC(=O)c1sc2nc(C(C)OC(=O)c3c4c(nc5ccccc35)CCC4)[nH]c(=O)c2c1C. The van der Waals surface area contributed by atoms with Crippen LogP contribution in [0.25, 0.3) is 21.1 Å². The van der Waals surface area contributed by atoms with Gasteiger partial charge in [0.1, 0.15) is 9.71 Å². The van der Waals surface area contributed by atoms with Gasteiger partial charge in [0.2, 0.25) is 0 Å². The monoisotopic (exact) mass is 477 g/mol. The van der Waals surface area contributed by atoms with Gasteiger partial charge in [-0.2, -0.15) is 0 Å². The number of carbonyl (C=O) groups is 2. The van der Waals surface area contributed by atoms with Gasteiger partial charge in [-0.05, 0) is 57.2 Å². The second kappa shape index (κ2) is 8.64. The lowest BCUT2D eigenvalue weighted by atomic mass is 10.0. The summed E-state index contributed by atoms with van der Waals surface area (Å²) in [6, 6.07) is 7.53. The average molecular weight is 478 g/mol. The van der Waals surface area contributed by atoms with Crippen molar-refractivity contribution in [1.82, 2.24) is 15.0 Å². The van der Waals surface area contributed by atoms with Crippen molar-refractivity contribution in [2.45, 2.75) is 46.1 Å². The summed E-state index contributed by atoms with van der Waals surface area (Å²) in [5.41, 5.74) is 3.30. The molecule has 1 aromatic carbocycles. The third-order valence-electron chi connectivity index (χ3n) is 6.07. The van der Waals surface area contributed by atoms with Crippen LogP contribution < -0.4 is 5.56 Å². The van der Waals surface area contributed by atoms with Gasteiger partial charge in [-0.3, -0.25) is 9.78 Å². The number of benzene rings is 1. The van der Waals surface area contributed by atoms with Gasteiger partial charge in [0, 0.05) is 11.1 Å². The van der Waals surface area contributed by atoms with Crippen LogP contribution in [0.2, 0.25) is 0 Å². The van der Waals surface area contributed by atoms with E-state index in [1.807, 2.05) is 24.3 Å². The molecular weight excluding hydrogens is 454 g/mol. The second-order valence-electron chi connectivity index (χ2n) is 8.24. The van der Waals surface area contributed by atoms with Crippen molar-refractivity contribution in [3.05, 3.63) is 67.7 Å². The Morgan fingerprint density at radius 3 is 2.76 bits per heavy atom. The lowest BCUT2D eigenvalue weighted by Crippen LogP contribution is -2.18. The van der Waals surface area contributed by atoms with Crippen LogP contribution in [0.3, 0.4) is 0 Å². The molecule has 1 aliphatic carbocycles. The number of aromatic amines is 1. The van der Waals surface area contributed by atoms with E-state index in [1.54, 1.807) is 20.8 Å². The number of ether oxygens (including phenoxy) is 2. The van der Waals surface area contributed by atoms with E-state index in [0.717, 1.165) is 52.8 Å². The number of H-pyrrole nitrogens is 1. The number of pyridine rings is 1. The highest BCUT2D eigenvalue weighted by Gasteiger charge is 2.27. The molecule has 5 rings (SSSR count). The molecule has 4 aromatic rings. The van der Waals surface area contributed by atoms with Crippen molar-refractivity contribution in [1.29, 1.82) is 0 Å². The Morgan fingerprint density at radius 2 is 1.97 bits per heavy atom. The molecule has 0 fully saturated rings. The van der Waals surface area contributed by atoms with Crippen LogP contribution >= 0.6 is 11.3 Å². The van der Waals surface area contributed by atoms with Crippen LogP contribution in [-0.4, -0.2) is 33.5 Å². The molecule has 0 spiro atoms. The Balaban J connectivity index is 1.50. The fraction of sp³-hybridized carbons (Fsp3) is 0.320. The second-order valence-corrected chi connectivity index (χ2v) is 9.24. The standard InChI is InChI=1S/C25H23N3O5S/c1-4-32-25(31)20-12(2)18-22(29)27-21(28-23(18)34-20)13(3)33-24(30)19-14-8-5-6-10-16(14)26-17-11-7-9-15(17)19/h5-6,8,10,13H,4,7,9,11H2,1-3H3,(H,27,28,29). The minimum absolute atomic E-state index is 0.220. The van der Waals surface area contributed by atoms with Gasteiger partial charge < -0.3 is 14.5 Å². The Kier molecular flexibility index (Phi) is 5.65. The molecule has 174 valence electrons. The Hall–Kier alpha value is -3.59. The van der Waals surface area contributed by atoms with E-state index in [-0.39, 0.29) is 18.0 Å². The van der Waals surface area contributed by atoms with Crippen LogP contribution in [0.15, 0.2) is 29.1 Å². The smallest absolute Gasteiger partial charge is 0.348 e.